The number of carbonyl (C=O) groups is 2. The average molecular weight is 469 g/mol. The molecule has 2 heterocycles. The molecule has 0 N–H and O–H groups in total. The molecule has 0 unspecified atom stereocenters. The SMILES string of the molecule is CC1=CC[C@H]([C@@H](C)[C@H]2CC[C@@]3(C)C4=C(CC[C@]23C)[C@@]2(C)CCC(=O)OC(C)(C)[C@@H]2CC4)OC1=O. The van der Waals surface area contributed by atoms with Crippen LogP contribution in [0, 0.1) is 34.0 Å². The summed E-state index contributed by atoms with van der Waals surface area (Å²) in [6.07, 6.45) is 11.3. The van der Waals surface area contributed by atoms with Gasteiger partial charge < -0.3 is 9.47 Å². The van der Waals surface area contributed by atoms with Crippen LogP contribution in [0.25, 0.3) is 0 Å². The Morgan fingerprint density at radius 2 is 1.68 bits per heavy atom. The molecule has 4 nitrogen and oxygen atoms in total. The van der Waals surface area contributed by atoms with Gasteiger partial charge in [0.05, 0.1) is 0 Å². The third-order valence-electron chi connectivity index (χ3n) is 11.6. The molecule has 7 atom stereocenters. The molecule has 3 aliphatic carbocycles. The van der Waals surface area contributed by atoms with E-state index in [4.69, 9.17) is 9.47 Å². The largest absolute Gasteiger partial charge is 0.459 e. The summed E-state index contributed by atoms with van der Waals surface area (Å²) in [5.74, 6) is 1.12. The Labute approximate surface area is 205 Å². The highest BCUT2D eigenvalue weighted by Gasteiger charge is 2.63. The van der Waals surface area contributed by atoms with Crippen molar-refractivity contribution in [2.75, 3.05) is 0 Å². The molecule has 188 valence electrons. The van der Waals surface area contributed by atoms with Gasteiger partial charge in [-0.2, -0.15) is 0 Å². The number of hydrogen-bond acceptors (Lipinski definition) is 4. The normalized spacial score (nSPS) is 44.7. The Morgan fingerprint density at radius 1 is 0.941 bits per heavy atom. The predicted molar refractivity (Wildman–Crippen MR) is 133 cm³/mol. The standard InChI is InChI=1S/C30H44O4/c1-18-8-10-23(33-26(18)32)19(2)20-12-16-30(7)22-9-11-24-27(3,4)34-25(31)14-15-28(24,5)21(22)13-17-29(20,30)6/h8,19-20,23-24H,9-17H2,1-7H3/t19-,20+,23+,24-,28+,29+,30-/m0/s1. The number of rotatable bonds is 2. The van der Waals surface area contributed by atoms with Crippen molar-refractivity contribution < 1.29 is 19.1 Å². The molecule has 1 saturated heterocycles. The fourth-order valence-corrected chi connectivity index (χ4v) is 9.45. The van der Waals surface area contributed by atoms with Crippen molar-refractivity contribution in [1.29, 1.82) is 0 Å². The smallest absolute Gasteiger partial charge is 0.333 e. The van der Waals surface area contributed by atoms with E-state index in [-0.39, 0.29) is 34.3 Å². The maximum atomic E-state index is 12.5. The minimum atomic E-state index is -0.411. The third kappa shape index (κ3) is 3.22. The summed E-state index contributed by atoms with van der Waals surface area (Å²) in [6, 6.07) is 0. The molecule has 0 aromatic heterocycles. The van der Waals surface area contributed by atoms with Crippen molar-refractivity contribution in [3.63, 3.8) is 0 Å². The van der Waals surface area contributed by atoms with Crippen LogP contribution in [0.3, 0.4) is 0 Å². The van der Waals surface area contributed by atoms with Gasteiger partial charge in [0.25, 0.3) is 0 Å². The minimum Gasteiger partial charge on any atom is -0.459 e. The third-order valence-corrected chi connectivity index (χ3v) is 11.6. The quantitative estimate of drug-likeness (QED) is 0.326. The van der Waals surface area contributed by atoms with Crippen LogP contribution < -0.4 is 0 Å². The molecule has 0 aromatic rings. The summed E-state index contributed by atoms with van der Waals surface area (Å²) in [5.41, 5.74) is 4.13. The molecule has 2 aliphatic heterocycles. The average Bonchev–Trinajstić information content (AvgIpc) is 3.00. The summed E-state index contributed by atoms with van der Waals surface area (Å²) >= 11 is 0. The second kappa shape index (κ2) is 7.71. The van der Waals surface area contributed by atoms with Crippen LogP contribution >= 0.6 is 0 Å². The lowest BCUT2D eigenvalue weighted by molar-refractivity contribution is -0.161. The van der Waals surface area contributed by atoms with E-state index in [0.29, 0.717) is 24.2 Å². The maximum Gasteiger partial charge on any atom is 0.333 e. The van der Waals surface area contributed by atoms with E-state index in [9.17, 15) is 9.59 Å². The number of fused-ring (bicyclic) bond motifs is 4. The molecule has 5 aliphatic rings. The first-order chi connectivity index (χ1) is 15.8. The zero-order valence-electron chi connectivity index (χ0n) is 22.4. The van der Waals surface area contributed by atoms with E-state index in [2.05, 4.69) is 47.6 Å². The molecular weight excluding hydrogens is 424 g/mol. The van der Waals surface area contributed by atoms with Crippen molar-refractivity contribution in [1.82, 2.24) is 0 Å². The maximum absolute atomic E-state index is 12.5. The van der Waals surface area contributed by atoms with E-state index in [1.807, 2.05) is 6.92 Å². The van der Waals surface area contributed by atoms with Gasteiger partial charge in [0.1, 0.15) is 11.7 Å². The monoisotopic (exact) mass is 468 g/mol. The Bertz CT molecular complexity index is 972. The lowest BCUT2D eigenvalue weighted by Crippen LogP contribution is -2.52. The number of esters is 2. The Hall–Kier alpha value is -1.58. The second-order valence-corrected chi connectivity index (χ2v) is 13.4. The first kappa shape index (κ1) is 24.1. The molecule has 0 radical (unpaired) electrons. The summed E-state index contributed by atoms with van der Waals surface area (Å²) < 4.78 is 11.9. The zero-order chi connectivity index (χ0) is 24.7. The number of hydrogen-bond donors (Lipinski definition) is 0. The summed E-state index contributed by atoms with van der Waals surface area (Å²) in [7, 11) is 0. The van der Waals surface area contributed by atoms with E-state index >= 15 is 0 Å². The molecular formula is C30H44O4. The minimum absolute atomic E-state index is 0.00479. The van der Waals surface area contributed by atoms with E-state index in [1.54, 1.807) is 11.1 Å². The van der Waals surface area contributed by atoms with Crippen molar-refractivity contribution in [3.8, 4) is 0 Å². The number of carbonyl (C=O) groups excluding carboxylic acids is 2. The summed E-state index contributed by atoms with van der Waals surface area (Å²) in [6.45, 7) is 16.0. The highest BCUT2D eigenvalue weighted by Crippen LogP contribution is 2.71. The van der Waals surface area contributed by atoms with Gasteiger partial charge in [-0.1, -0.05) is 44.9 Å². The van der Waals surface area contributed by atoms with Gasteiger partial charge in [-0.3, -0.25) is 4.79 Å². The summed E-state index contributed by atoms with van der Waals surface area (Å²) in [4.78, 5) is 24.8. The van der Waals surface area contributed by atoms with Crippen LogP contribution in [0.15, 0.2) is 22.8 Å². The highest BCUT2D eigenvalue weighted by molar-refractivity contribution is 5.88. The molecule has 5 rings (SSSR count). The van der Waals surface area contributed by atoms with Gasteiger partial charge in [-0.15, -0.1) is 0 Å². The first-order valence-electron chi connectivity index (χ1n) is 13.7. The first-order valence-corrected chi connectivity index (χ1v) is 13.7. The lowest BCUT2D eigenvalue weighted by Gasteiger charge is -2.58. The number of allylic oxidation sites excluding steroid dienone is 2. The molecule has 34 heavy (non-hydrogen) atoms. The van der Waals surface area contributed by atoms with E-state index in [0.717, 1.165) is 37.7 Å². The Morgan fingerprint density at radius 3 is 2.38 bits per heavy atom. The molecule has 0 amide bonds. The van der Waals surface area contributed by atoms with Gasteiger partial charge in [0, 0.05) is 24.3 Å². The van der Waals surface area contributed by atoms with Gasteiger partial charge in [-0.05, 0) is 93.8 Å². The lowest BCUT2D eigenvalue weighted by atomic mass is 9.46. The van der Waals surface area contributed by atoms with E-state index < -0.39 is 5.60 Å². The predicted octanol–water partition coefficient (Wildman–Crippen LogP) is 6.93. The van der Waals surface area contributed by atoms with Gasteiger partial charge in [0.2, 0.25) is 0 Å². The van der Waals surface area contributed by atoms with Crippen LogP contribution in [-0.2, 0) is 19.1 Å². The number of cyclic esters (lactones) is 2. The van der Waals surface area contributed by atoms with Crippen LogP contribution in [-0.4, -0.2) is 23.6 Å². The van der Waals surface area contributed by atoms with Gasteiger partial charge in [-0.25, -0.2) is 4.79 Å². The second-order valence-electron chi connectivity index (χ2n) is 13.4. The molecule has 1 saturated carbocycles. The van der Waals surface area contributed by atoms with Gasteiger partial charge >= 0.3 is 11.9 Å². The Kier molecular flexibility index (Phi) is 5.47. The Balaban J connectivity index is 1.49. The van der Waals surface area contributed by atoms with Crippen molar-refractivity contribution in [2.45, 2.75) is 118 Å². The fourth-order valence-electron chi connectivity index (χ4n) is 9.45. The molecule has 4 heteroatoms. The van der Waals surface area contributed by atoms with Crippen LogP contribution in [0.1, 0.15) is 106 Å². The van der Waals surface area contributed by atoms with Crippen molar-refractivity contribution in [3.05, 3.63) is 22.8 Å². The zero-order valence-corrected chi connectivity index (χ0v) is 22.4. The van der Waals surface area contributed by atoms with Gasteiger partial charge in [0.15, 0.2) is 0 Å². The summed E-state index contributed by atoms with van der Waals surface area (Å²) in [5, 5.41) is 0. The highest BCUT2D eigenvalue weighted by atomic mass is 16.6. The fraction of sp³-hybridized carbons (Fsp3) is 0.800. The van der Waals surface area contributed by atoms with E-state index in [1.165, 1.54) is 19.3 Å². The van der Waals surface area contributed by atoms with Crippen molar-refractivity contribution in [2.24, 2.45) is 34.0 Å². The number of ether oxygens (including phenoxy) is 2. The van der Waals surface area contributed by atoms with Crippen LogP contribution in [0.5, 0.6) is 0 Å². The molecule has 0 spiro atoms. The van der Waals surface area contributed by atoms with Crippen LogP contribution in [0.2, 0.25) is 0 Å². The van der Waals surface area contributed by atoms with Crippen molar-refractivity contribution >= 4 is 11.9 Å². The molecule has 2 fully saturated rings. The topological polar surface area (TPSA) is 52.6 Å². The van der Waals surface area contributed by atoms with Crippen LogP contribution in [0.4, 0.5) is 0 Å². The molecule has 0 aromatic carbocycles. The molecule has 0 bridgehead atoms.